The summed E-state index contributed by atoms with van der Waals surface area (Å²) >= 11 is 1.73. The number of benzene rings is 1. The lowest BCUT2D eigenvalue weighted by Gasteiger charge is -2.32. The highest BCUT2D eigenvalue weighted by Gasteiger charge is 2.23. The number of nitrogens with zero attached hydrogens (tertiary/aromatic N) is 3. The van der Waals surface area contributed by atoms with Gasteiger partial charge in [-0.25, -0.2) is 9.37 Å². The Bertz CT molecular complexity index is 898. The highest BCUT2D eigenvalue weighted by Crippen LogP contribution is 2.26. The minimum absolute atomic E-state index is 0.0775. The van der Waals surface area contributed by atoms with Crippen LogP contribution in [-0.4, -0.2) is 34.6 Å². The van der Waals surface area contributed by atoms with Crippen LogP contribution in [0.1, 0.15) is 21.7 Å². The summed E-state index contributed by atoms with van der Waals surface area (Å²) in [5.74, 6) is -0.255. The molecular weight excluding hydrogens is 349 g/mol. The molecule has 4 nitrogen and oxygen atoms in total. The van der Waals surface area contributed by atoms with Crippen LogP contribution in [0.5, 0.6) is 0 Å². The Morgan fingerprint density at radius 3 is 2.96 bits per heavy atom. The minimum Gasteiger partial charge on any atom is -0.369 e. The Kier molecular flexibility index (Phi) is 5.06. The van der Waals surface area contributed by atoms with Crippen molar-refractivity contribution in [2.45, 2.75) is 19.6 Å². The van der Waals surface area contributed by atoms with E-state index in [1.165, 1.54) is 17.0 Å². The van der Waals surface area contributed by atoms with E-state index in [1.54, 1.807) is 17.4 Å². The molecule has 1 aromatic carbocycles. The van der Waals surface area contributed by atoms with Gasteiger partial charge in [0.25, 0.3) is 0 Å². The van der Waals surface area contributed by atoms with Crippen molar-refractivity contribution in [2.75, 3.05) is 19.7 Å². The van der Waals surface area contributed by atoms with Crippen molar-refractivity contribution in [3.63, 3.8) is 0 Å². The lowest BCUT2D eigenvalue weighted by atomic mass is 10.1. The van der Waals surface area contributed by atoms with Gasteiger partial charge < -0.3 is 4.74 Å². The molecule has 1 saturated heterocycles. The number of thiazole rings is 1. The number of ether oxygens (including phenoxy) is 1. The first-order chi connectivity index (χ1) is 12.7. The average molecular weight is 369 g/mol. The largest absolute Gasteiger partial charge is 0.369 e. The van der Waals surface area contributed by atoms with Crippen LogP contribution in [0, 0.1) is 12.7 Å². The van der Waals surface area contributed by atoms with Crippen molar-refractivity contribution in [3.8, 4) is 11.3 Å². The van der Waals surface area contributed by atoms with Crippen molar-refractivity contribution in [2.24, 2.45) is 0 Å². The standard InChI is InChI=1S/C20H20FN3OS/c1-14-22-11-17(26-14)12-24-8-9-25-20(13-24)19-7-3-6-18(23-19)15-4-2-5-16(21)10-15/h2-7,10-11,20H,8-9,12-13H2,1H3/t20-/m0/s1. The van der Waals surface area contributed by atoms with Gasteiger partial charge in [-0.3, -0.25) is 9.88 Å². The maximum Gasteiger partial charge on any atom is 0.123 e. The third-order valence-corrected chi connectivity index (χ3v) is 5.32. The molecular formula is C20H20FN3OS. The molecule has 0 spiro atoms. The molecule has 6 heteroatoms. The average Bonchev–Trinajstić information content (AvgIpc) is 3.07. The second kappa shape index (κ2) is 7.61. The van der Waals surface area contributed by atoms with Gasteiger partial charge in [0.15, 0.2) is 0 Å². The summed E-state index contributed by atoms with van der Waals surface area (Å²) in [4.78, 5) is 12.7. The fourth-order valence-electron chi connectivity index (χ4n) is 3.16. The van der Waals surface area contributed by atoms with Crippen LogP contribution in [0.3, 0.4) is 0 Å². The van der Waals surface area contributed by atoms with E-state index in [9.17, 15) is 4.39 Å². The van der Waals surface area contributed by atoms with Gasteiger partial charge in [0.05, 0.1) is 23.0 Å². The first kappa shape index (κ1) is 17.3. The van der Waals surface area contributed by atoms with Crippen LogP contribution < -0.4 is 0 Å². The van der Waals surface area contributed by atoms with Crippen LogP contribution >= 0.6 is 11.3 Å². The molecule has 0 aliphatic carbocycles. The zero-order valence-electron chi connectivity index (χ0n) is 14.6. The second-order valence-electron chi connectivity index (χ2n) is 6.40. The number of halogens is 1. The third-order valence-electron chi connectivity index (χ3n) is 4.42. The van der Waals surface area contributed by atoms with Crippen LogP contribution in [0.2, 0.25) is 0 Å². The van der Waals surface area contributed by atoms with E-state index in [0.29, 0.717) is 6.61 Å². The first-order valence-corrected chi connectivity index (χ1v) is 9.47. The fourth-order valence-corrected chi connectivity index (χ4v) is 4.00. The molecule has 0 radical (unpaired) electrons. The number of hydrogen-bond donors (Lipinski definition) is 0. The molecule has 1 atom stereocenters. The van der Waals surface area contributed by atoms with Crippen LogP contribution in [0.4, 0.5) is 4.39 Å². The fraction of sp³-hybridized carbons (Fsp3) is 0.300. The van der Waals surface area contributed by atoms with Gasteiger partial charge in [0.1, 0.15) is 11.9 Å². The summed E-state index contributed by atoms with van der Waals surface area (Å²) in [7, 11) is 0. The zero-order chi connectivity index (χ0) is 17.9. The normalized spacial score (nSPS) is 18.2. The number of hydrogen-bond acceptors (Lipinski definition) is 5. The molecule has 2 aromatic heterocycles. The molecule has 0 unspecified atom stereocenters. The van der Waals surface area contributed by atoms with Gasteiger partial charge in [0.2, 0.25) is 0 Å². The van der Waals surface area contributed by atoms with Crippen molar-refractivity contribution in [1.82, 2.24) is 14.9 Å². The Hall–Kier alpha value is -2.15. The molecule has 1 aliphatic heterocycles. The van der Waals surface area contributed by atoms with Gasteiger partial charge in [0, 0.05) is 36.3 Å². The highest BCUT2D eigenvalue weighted by molar-refractivity contribution is 7.11. The molecule has 26 heavy (non-hydrogen) atoms. The predicted octanol–water partition coefficient (Wildman–Crippen LogP) is 4.23. The summed E-state index contributed by atoms with van der Waals surface area (Å²) < 4.78 is 19.5. The molecule has 134 valence electrons. The number of morpholine rings is 1. The monoisotopic (exact) mass is 369 g/mol. The molecule has 0 N–H and O–H groups in total. The topological polar surface area (TPSA) is 38.2 Å². The third kappa shape index (κ3) is 3.98. The van der Waals surface area contributed by atoms with Crippen molar-refractivity contribution in [1.29, 1.82) is 0 Å². The van der Waals surface area contributed by atoms with E-state index in [0.717, 1.165) is 41.6 Å². The molecule has 1 fully saturated rings. The van der Waals surface area contributed by atoms with Gasteiger partial charge in [-0.15, -0.1) is 11.3 Å². The Labute approximate surface area is 156 Å². The molecule has 3 heterocycles. The van der Waals surface area contributed by atoms with Crippen LogP contribution in [-0.2, 0) is 11.3 Å². The van der Waals surface area contributed by atoms with Gasteiger partial charge >= 0.3 is 0 Å². The number of aromatic nitrogens is 2. The molecule has 4 rings (SSSR count). The zero-order valence-corrected chi connectivity index (χ0v) is 15.4. The van der Waals surface area contributed by atoms with Crippen molar-refractivity contribution >= 4 is 11.3 Å². The maximum absolute atomic E-state index is 13.5. The number of pyridine rings is 1. The SMILES string of the molecule is Cc1ncc(CN2CCO[C@H](c3cccc(-c4cccc(F)c4)n3)C2)s1. The molecule has 1 aliphatic rings. The summed E-state index contributed by atoms with van der Waals surface area (Å²) in [6, 6.07) is 12.4. The van der Waals surface area contributed by atoms with Gasteiger partial charge in [-0.2, -0.15) is 0 Å². The maximum atomic E-state index is 13.5. The van der Waals surface area contributed by atoms with Crippen LogP contribution in [0.15, 0.2) is 48.7 Å². The van der Waals surface area contributed by atoms with Gasteiger partial charge in [-0.05, 0) is 31.2 Å². The molecule has 3 aromatic rings. The lowest BCUT2D eigenvalue weighted by Crippen LogP contribution is -2.37. The summed E-state index contributed by atoms with van der Waals surface area (Å²) in [6.45, 7) is 5.27. The van der Waals surface area contributed by atoms with Crippen molar-refractivity contribution < 1.29 is 9.13 Å². The predicted molar refractivity (Wildman–Crippen MR) is 100 cm³/mol. The molecule has 0 saturated carbocycles. The van der Waals surface area contributed by atoms with E-state index in [2.05, 4.69) is 9.88 Å². The summed E-state index contributed by atoms with van der Waals surface area (Å²) in [5.41, 5.74) is 2.43. The van der Waals surface area contributed by atoms with E-state index in [-0.39, 0.29) is 11.9 Å². The molecule has 0 bridgehead atoms. The van der Waals surface area contributed by atoms with E-state index in [1.807, 2.05) is 37.4 Å². The van der Waals surface area contributed by atoms with E-state index >= 15 is 0 Å². The van der Waals surface area contributed by atoms with Gasteiger partial charge in [-0.1, -0.05) is 18.2 Å². The Morgan fingerprint density at radius 1 is 1.27 bits per heavy atom. The highest BCUT2D eigenvalue weighted by atomic mass is 32.1. The minimum atomic E-state index is -0.255. The quantitative estimate of drug-likeness (QED) is 0.690. The second-order valence-corrected chi connectivity index (χ2v) is 7.72. The number of aryl methyl sites for hydroxylation is 1. The Morgan fingerprint density at radius 2 is 2.15 bits per heavy atom. The first-order valence-electron chi connectivity index (χ1n) is 8.65. The number of rotatable bonds is 4. The van der Waals surface area contributed by atoms with Crippen LogP contribution in [0.25, 0.3) is 11.3 Å². The Balaban J connectivity index is 1.50. The summed E-state index contributed by atoms with van der Waals surface area (Å²) in [6.07, 6.45) is 1.87. The van der Waals surface area contributed by atoms with Crippen molar-refractivity contribution in [3.05, 3.63) is 70.1 Å². The lowest BCUT2D eigenvalue weighted by molar-refractivity contribution is -0.0346. The smallest absolute Gasteiger partial charge is 0.123 e. The molecule has 0 amide bonds. The van der Waals surface area contributed by atoms with E-state index in [4.69, 9.17) is 9.72 Å². The van der Waals surface area contributed by atoms with E-state index < -0.39 is 0 Å². The summed E-state index contributed by atoms with van der Waals surface area (Å²) in [5, 5.41) is 1.09.